The SMILES string of the molecule is Cc1nc2c(c(C)cc3cccnc32)c(C)c1C.O=[N+]([O-])O. The standard InChI is InChI=1S/C16H16N2.HNO3/c1-9-8-13-6-5-7-17-15(13)16-14(9)11(3)10(2)12(4)18-16;2-1(3)4/h5-8H,1-4H3;(H,2,3,4). The molecule has 2 heterocycles. The van der Waals surface area contributed by atoms with Gasteiger partial charge in [0.25, 0.3) is 5.09 Å². The van der Waals surface area contributed by atoms with Gasteiger partial charge in [0.2, 0.25) is 0 Å². The van der Waals surface area contributed by atoms with Crippen molar-refractivity contribution >= 4 is 21.8 Å². The Hall–Kier alpha value is -2.76. The van der Waals surface area contributed by atoms with Crippen LogP contribution in [0.4, 0.5) is 0 Å². The number of nitrogens with zero attached hydrogens (tertiary/aromatic N) is 3. The second-order valence-electron chi connectivity index (χ2n) is 5.18. The summed E-state index contributed by atoms with van der Waals surface area (Å²) < 4.78 is 0. The Morgan fingerprint density at radius 3 is 2.41 bits per heavy atom. The lowest BCUT2D eigenvalue weighted by molar-refractivity contribution is -0.742. The van der Waals surface area contributed by atoms with E-state index >= 15 is 0 Å². The Morgan fingerprint density at radius 2 is 1.77 bits per heavy atom. The van der Waals surface area contributed by atoms with Gasteiger partial charge in [0, 0.05) is 22.7 Å². The van der Waals surface area contributed by atoms with E-state index in [9.17, 15) is 0 Å². The van der Waals surface area contributed by atoms with E-state index in [4.69, 9.17) is 20.3 Å². The average Bonchev–Trinajstić information content (AvgIpc) is 2.44. The van der Waals surface area contributed by atoms with Crippen LogP contribution in [0.1, 0.15) is 22.4 Å². The molecule has 0 atom stereocenters. The first-order valence-electron chi connectivity index (χ1n) is 6.78. The van der Waals surface area contributed by atoms with E-state index in [2.05, 4.69) is 44.8 Å². The molecule has 1 aromatic carbocycles. The van der Waals surface area contributed by atoms with Gasteiger partial charge in [0.05, 0.1) is 11.0 Å². The largest absolute Gasteiger partial charge is 0.328 e. The van der Waals surface area contributed by atoms with E-state index in [1.807, 2.05) is 12.3 Å². The van der Waals surface area contributed by atoms with Gasteiger partial charge in [-0.1, -0.05) is 6.07 Å². The predicted molar refractivity (Wildman–Crippen MR) is 84.8 cm³/mol. The van der Waals surface area contributed by atoms with Crippen molar-refractivity contribution < 1.29 is 10.3 Å². The molecule has 0 unspecified atom stereocenters. The van der Waals surface area contributed by atoms with Gasteiger partial charge >= 0.3 is 0 Å². The molecule has 22 heavy (non-hydrogen) atoms. The van der Waals surface area contributed by atoms with Crippen molar-refractivity contribution in [2.24, 2.45) is 0 Å². The fourth-order valence-electron chi connectivity index (χ4n) is 2.64. The number of pyridine rings is 2. The van der Waals surface area contributed by atoms with Crippen LogP contribution in [0.2, 0.25) is 0 Å². The Morgan fingerprint density at radius 1 is 1.14 bits per heavy atom. The molecule has 2 aromatic heterocycles. The zero-order valence-electron chi connectivity index (χ0n) is 12.9. The molecule has 0 aliphatic carbocycles. The summed E-state index contributed by atoms with van der Waals surface area (Å²) in [4.78, 5) is 17.6. The van der Waals surface area contributed by atoms with Gasteiger partial charge in [-0.05, 0) is 56.5 Å². The van der Waals surface area contributed by atoms with Crippen LogP contribution in [0, 0.1) is 37.8 Å². The minimum atomic E-state index is -1.50. The van der Waals surface area contributed by atoms with E-state index in [0.29, 0.717) is 0 Å². The van der Waals surface area contributed by atoms with Crippen molar-refractivity contribution in [1.29, 1.82) is 0 Å². The minimum Gasteiger partial charge on any atom is -0.328 e. The summed E-state index contributed by atoms with van der Waals surface area (Å²) >= 11 is 0. The first-order chi connectivity index (χ1) is 10.3. The van der Waals surface area contributed by atoms with Crippen molar-refractivity contribution in [3.63, 3.8) is 0 Å². The van der Waals surface area contributed by atoms with E-state index < -0.39 is 5.09 Å². The zero-order valence-corrected chi connectivity index (χ0v) is 12.9. The van der Waals surface area contributed by atoms with E-state index in [0.717, 1.165) is 22.1 Å². The van der Waals surface area contributed by atoms with E-state index in [1.165, 1.54) is 22.1 Å². The minimum absolute atomic E-state index is 1.00. The molecule has 6 heteroatoms. The topological polar surface area (TPSA) is 89.2 Å². The smallest absolute Gasteiger partial charge is 0.291 e. The number of aromatic nitrogens is 2. The van der Waals surface area contributed by atoms with Gasteiger partial charge in [0.15, 0.2) is 0 Å². The Kier molecular flexibility index (Phi) is 4.21. The number of fused-ring (bicyclic) bond motifs is 3. The maximum absolute atomic E-state index is 8.36. The molecule has 0 spiro atoms. The number of benzene rings is 1. The first kappa shape index (κ1) is 15.6. The van der Waals surface area contributed by atoms with Crippen molar-refractivity contribution in [1.82, 2.24) is 9.97 Å². The lowest BCUT2D eigenvalue weighted by Crippen LogP contribution is -1.97. The second kappa shape index (κ2) is 5.93. The van der Waals surface area contributed by atoms with Crippen LogP contribution < -0.4 is 0 Å². The van der Waals surface area contributed by atoms with Crippen LogP contribution in [-0.4, -0.2) is 20.3 Å². The number of hydrogen-bond donors (Lipinski definition) is 1. The molecular weight excluding hydrogens is 282 g/mol. The third kappa shape index (κ3) is 2.81. The van der Waals surface area contributed by atoms with Crippen LogP contribution >= 0.6 is 0 Å². The number of aryl methyl sites for hydroxylation is 3. The monoisotopic (exact) mass is 299 g/mol. The second-order valence-corrected chi connectivity index (χ2v) is 5.18. The van der Waals surface area contributed by atoms with E-state index in [-0.39, 0.29) is 0 Å². The van der Waals surface area contributed by atoms with Gasteiger partial charge in [0.1, 0.15) is 0 Å². The molecule has 6 nitrogen and oxygen atoms in total. The van der Waals surface area contributed by atoms with Crippen LogP contribution in [-0.2, 0) is 0 Å². The Balaban J connectivity index is 0.000000396. The Bertz CT molecular complexity index is 872. The highest BCUT2D eigenvalue weighted by Gasteiger charge is 2.11. The van der Waals surface area contributed by atoms with E-state index in [1.54, 1.807) is 0 Å². The normalized spacial score (nSPS) is 10.4. The fraction of sp³-hybridized carbons (Fsp3) is 0.250. The summed E-state index contributed by atoms with van der Waals surface area (Å²) in [5.74, 6) is 0. The molecule has 0 bridgehead atoms. The first-order valence-corrected chi connectivity index (χ1v) is 6.78. The van der Waals surface area contributed by atoms with Crippen LogP contribution in [0.15, 0.2) is 24.4 Å². The number of rotatable bonds is 0. The van der Waals surface area contributed by atoms with Crippen molar-refractivity contribution in [3.8, 4) is 0 Å². The molecule has 0 saturated carbocycles. The molecule has 0 aliphatic rings. The third-order valence-corrected chi connectivity index (χ3v) is 3.83. The van der Waals surface area contributed by atoms with Gasteiger partial charge in [-0.3, -0.25) is 9.97 Å². The van der Waals surface area contributed by atoms with Crippen molar-refractivity contribution in [2.45, 2.75) is 27.7 Å². The summed E-state index contributed by atoms with van der Waals surface area (Å²) in [6.07, 6.45) is 1.84. The average molecular weight is 299 g/mol. The molecule has 0 aliphatic heterocycles. The molecule has 0 amide bonds. The lowest BCUT2D eigenvalue weighted by atomic mass is 9.97. The highest BCUT2D eigenvalue weighted by atomic mass is 16.9. The molecule has 3 aromatic rings. The van der Waals surface area contributed by atoms with Crippen LogP contribution in [0.25, 0.3) is 21.8 Å². The molecule has 3 rings (SSSR count). The highest BCUT2D eigenvalue weighted by molar-refractivity contribution is 6.05. The summed E-state index contributed by atoms with van der Waals surface area (Å²) in [5, 5.41) is 16.1. The molecule has 1 N–H and O–H groups in total. The number of hydrogen-bond acceptors (Lipinski definition) is 4. The van der Waals surface area contributed by atoms with Gasteiger partial charge in [-0.15, -0.1) is 10.1 Å². The highest BCUT2D eigenvalue weighted by Crippen LogP contribution is 2.30. The zero-order chi connectivity index (χ0) is 16.4. The van der Waals surface area contributed by atoms with Crippen molar-refractivity contribution in [3.05, 3.63) is 56.9 Å². The maximum atomic E-state index is 8.36. The van der Waals surface area contributed by atoms with Crippen LogP contribution in [0.3, 0.4) is 0 Å². The lowest BCUT2D eigenvalue weighted by Gasteiger charge is -2.12. The molecule has 0 radical (unpaired) electrons. The molecule has 114 valence electrons. The Labute approximate surface area is 127 Å². The molecule has 0 fully saturated rings. The van der Waals surface area contributed by atoms with Crippen LogP contribution in [0.5, 0.6) is 0 Å². The fourth-order valence-corrected chi connectivity index (χ4v) is 2.64. The van der Waals surface area contributed by atoms with Gasteiger partial charge in [-0.25, -0.2) is 0 Å². The van der Waals surface area contributed by atoms with Crippen molar-refractivity contribution in [2.75, 3.05) is 0 Å². The maximum Gasteiger partial charge on any atom is 0.291 e. The summed E-state index contributed by atoms with van der Waals surface area (Å²) in [7, 11) is 0. The summed E-state index contributed by atoms with van der Waals surface area (Å²) in [5.41, 5.74) is 7.01. The van der Waals surface area contributed by atoms with Gasteiger partial charge in [-0.2, -0.15) is 0 Å². The third-order valence-electron chi connectivity index (χ3n) is 3.83. The predicted octanol–water partition coefficient (Wildman–Crippen LogP) is 3.67. The summed E-state index contributed by atoms with van der Waals surface area (Å²) in [6.45, 7) is 8.53. The molecule has 0 saturated heterocycles. The van der Waals surface area contributed by atoms with Gasteiger partial charge < -0.3 is 5.21 Å². The molecular formula is C16H17N3O3. The quantitative estimate of drug-likeness (QED) is 0.388. The summed E-state index contributed by atoms with van der Waals surface area (Å²) in [6, 6.07) is 6.27.